The molecule has 130 valence electrons. The molecule has 0 amide bonds. The summed E-state index contributed by atoms with van der Waals surface area (Å²) in [5, 5.41) is 0. The second kappa shape index (κ2) is 5.63. The Kier molecular flexibility index (Phi) is 4.18. The van der Waals surface area contributed by atoms with Crippen LogP contribution >= 0.6 is 0 Å². The van der Waals surface area contributed by atoms with Crippen molar-refractivity contribution in [2.24, 2.45) is 28.1 Å². The van der Waals surface area contributed by atoms with Gasteiger partial charge in [-0.1, -0.05) is 45.3 Å². The summed E-state index contributed by atoms with van der Waals surface area (Å²) in [5.41, 5.74) is 2.18. The number of carbonyl (C=O) groups excluding carboxylic acids is 1. The molecule has 0 bridgehead atoms. The van der Waals surface area contributed by atoms with Gasteiger partial charge in [0, 0.05) is 0 Å². The van der Waals surface area contributed by atoms with Gasteiger partial charge in [0.25, 0.3) is 0 Å². The monoisotopic (exact) mass is 318 g/mol. The third-order valence-electron chi connectivity index (χ3n) is 8.01. The quantitative estimate of drug-likeness (QED) is 0.495. The summed E-state index contributed by atoms with van der Waals surface area (Å²) < 4.78 is 5.21. The predicted octanol–water partition coefficient (Wildman–Crippen LogP) is 5.52. The predicted molar refractivity (Wildman–Crippen MR) is 94.0 cm³/mol. The fourth-order valence-electron chi connectivity index (χ4n) is 6.26. The van der Waals surface area contributed by atoms with Crippen LogP contribution in [0.5, 0.6) is 0 Å². The first-order valence-corrected chi connectivity index (χ1v) is 9.56. The van der Waals surface area contributed by atoms with Gasteiger partial charge in [0.05, 0.1) is 12.5 Å². The van der Waals surface area contributed by atoms with Gasteiger partial charge in [0.15, 0.2) is 0 Å². The largest absolute Gasteiger partial charge is 0.469 e. The van der Waals surface area contributed by atoms with E-state index < -0.39 is 0 Å². The lowest BCUT2D eigenvalue weighted by Gasteiger charge is -2.59. The van der Waals surface area contributed by atoms with Crippen molar-refractivity contribution in [2.45, 2.75) is 79.1 Å². The molecule has 2 nitrogen and oxygen atoms in total. The van der Waals surface area contributed by atoms with Gasteiger partial charge in [-0.3, -0.25) is 4.79 Å². The van der Waals surface area contributed by atoms with E-state index in [2.05, 4.69) is 33.8 Å². The third-order valence-corrected chi connectivity index (χ3v) is 8.01. The van der Waals surface area contributed by atoms with Crippen molar-refractivity contribution in [2.75, 3.05) is 7.11 Å². The fourth-order valence-corrected chi connectivity index (χ4v) is 6.26. The highest BCUT2D eigenvalue weighted by atomic mass is 16.5. The van der Waals surface area contributed by atoms with Crippen molar-refractivity contribution in [3.8, 4) is 0 Å². The molecule has 5 unspecified atom stereocenters. The zero-order valence-corrected chi connectivity index (χ0v) is 15.7. The van der Waals surface area contributed by atoms with Crippen molar-refractivity contribution < 1.29 is 9.53 Å². The number of rotatable bonds is 2. The van der Waals surface area contributed by atoms with E-state index in [9.17, 15) is 4.79 Å². The molecule has 0 aliphatic heterocycles. The van der Waals surface area contributed by atoms with Gasteiger partial charge in [0.2, 0.25) is 0 Å². The number of allylic oxidation sites excluding steroid dienone is 2. The first kappa shape index (κ1) is 17.0. The smallest absolute Gasteiger partial charge is 0.311 e. The summed E-state index contributed by atoms with van der Waals surface area (Å²) in [6.45, 7) is 9.43. The van der Waals surface area contributed by atoms with E-state index in [1.54, 1.807) is 12.7 Å². The summed E-state index contributed by atoms with van der Waals surface area (Å²) in [7, 11) is 1.55. The molecule has 2 saturated carbocycles. The summed E-state index contributed by atoms with van der Waals surface area (Å²) in [4.78, 5) is 12.6. The molecule has 0 aromatic rings. The number of esters is 1. The molecule has 0 saturated heterocycles. The Bertz CT molecular complexity index is 522. The molecule has 3 rings (SSSR count). The Labute approximate surface area is 142 Å². The minimum absolute atomic E-state index is 0.0134. The molecule has 5 atom stereocenters. The Morgan fingerprint density at radius 2 is 2.00 bits per heavy atom. The van der Waals surface area contributed by atoms with E-state index in [0.29, 0.717) is 17.3 Å². The van der Waals surface area contributed by atoms with Gasteiger partial charge in [-0.2, -0.15) is 0 Å². The lowest BCUT2D eigenvalue weighted by atomic mass is 9.45. The molecule has 3 aliphatic rings. The van der Waals surface area contributed by atoms with Gasteiger partial charge >= 0.3 is 5.97 Å². The highest BCUT2D eigenvalue weighted by Gasteiger charge is 2.58. The van der Waals surface area contributed by atoms with E-state index in [1.165, 1.54) is 32.1 Å². The molecule has 23 heavy (non-hydrogen) atoms. The summed E-state index contributed by atoms with van der Waals surface area (Å²) >= 11 is 0. The molecule has 2 heteroatoms. The third kappa shape index (κ3) is 2.48. The normalized spacial score (nSPS) is 46.4. The van der Waals surface area contributed by atoms with E-state index >= 15 is 0 Å². The summed E-state index contributed by atoms with van der Waals surface area (Å²) in [6, 6.07) is 0. The van der Waals surface area contributed by atoms with Gasteiger partial charge in [-0.15, -0.1) is 0 Å². The molecular formula is C21H34O2. The van der Waals surface area contributed by atoms with Crippen molar-refractivity contribution in [3.63, 3.8) is 0 Å². The van der Waals surface area contributed by atoms with Crippen LogP contribution in [0.3, 0.4) is 0 Å². The number of hydrogen-bond donors (Lipinski definition) is 0. The van der Waals surface area contributed by atoms with E-state index in [0.717, 1.165) is 19.3 Å². The maximum absolute atomic E-state index is 12.6. The summed E-state index contributed by atoms with van der Waals surface area (Å²) in [5.74, 6) is 1.14. The molecule has 0 N–H and O–H groups in total. The number of carbonyl (C=O) groups is 1. The second-order valence-electron chi connectivity index (χ2n) is 9.27. The molecule has 0 spiro atoms. The Hall–Kier alpha value is -0.790. The average molecular weight is 319 g/mol. The standard InChI is InChI=1S/C21H34O2/c1-6-19(2)13-10-16-15(14-19)8-9-17-20(16,3)11-7-12-21(17,4)18(22)23-5/h8,16-17H,6-7,9-14H2,1-5H3. The van der Waals surface area contributed by atoms with Crippen LogP contribution in [0.15, 0.2) is 11.6 Å². The van der Waals surface area contributed by atoms with Crippen molar-refractivity contribution in [1.82, 2.24) is 0 Å². The first-order chi connectivity index (χ1) is 10.8. The van der Waals surface area contributed by atoms with Crippen LogP contribution in [0, 0.1) is 28.1 Å². The van der Waals surface area contributed by atoms with Crippen LogP contribution in [0.2, 0.25) is 0 Å². The van der Waals surface area contributed by atoms with Crippen molar-refractivity contribution in [1.29, 1.82) is 0 Å². The number of methoxy groups -OCH3 is 1. The summed E-state index contributed by atoms with van der Waals surface area (Å²) in [6.07, 6.45) is 12.2. The molecule has 2 fully saturated rings. The number of fused-ring (bicyclic) bond motifs is 3. The highest BCUT2D eigenvalue weighted by Crippen LogP contribution is 2.64. The van der Waals surface area contributed by atoms with Gasteiger partial charge in [-0.05, 0) is 68.1 Å². The Morgan fingerprint density at radius 3 is 2.65 bits per heavy atom. The van der Waals surface area contributed by atoms with E-state index in [1.807, 2.05) is 0 Å². The van der Waals surface area contributed by atoms with Crippen LogP contribution in [0.1, 0.15) is 79.1 Å². The lowest BCUT2D eigenvalue weighted by molar-refractivity contribution is -0.167. The first-order valence-electron chi connectivity index (χ1n) is 9.56. The van der Waals surface area contributed by atoms with Crippen molar-refractivity contribution >= 4 is 5.97 Å². The molecule has 0 aromatic heterocycles. The van der Waals surface area contributed by atoms with Crippen LogP contribution in [-0.2, 0) is 9.53 Å². The maximum atomic E-state index is 12.6. The topological polar surface area (TPSA) is 26.3 Å². The average Bonchev–Trinajstić information content (AvgIpc) is 2.53. The molecular weight excluding hydrogens is 284 g/mol. The maximum Gasteiger partial charge on any atom is 0.311 e. The second-order valence-corrected chi connectivity index (χ2v) is 9.27. The zero-order chi connectivity index (χ0) is 16.9. The van der Waals surface area contributed by atoms with E-state index in [4.69, 9.17) is 4.74 Å². The molecule has 0 aromatic carbocycles. The Balaban J connectivity index is 1.95. The minimum Gasteiger partial charge on any atom is -0.469 e. The SMILES string of the molecule is CCC1(C)CCC2C(=CCC3C(C)(C(=O)OC)CCCC23C)C1. The minimum atomic E-state index is -0.296. The zero-order valence-electron chi connectivity index (χ0n) is 15.7. The van der Waals surface area contributed by atoms with Gasteiger partial charge in [-0.25, -0.2) is 0 Å². The van der Waals surface area contributed by atoms with Gasteiger partial charge < -0.3 is 4.74 Å². The van der Waals surface area contributed by atoms with E-state index in [-0.39, 0.29) is 16.8 Å². The van der Waals surface area contributed by atoms with Crippen LogP contribution in [0.25, 0.3) is 0 Å². The fraction of sp³-hybridized carbons (Fsp3) is 0.857. The van der Waals surface area contributed by atoms with Crippen LogP contribution in [0.4, 0.5) is 0 Å². The number of ether oxygens (including phenoxy) is 1. The molecule has 0 heterocycles. The lowest BCUT2D eigenvalue weighted by Crippen LogP contribution is -2.54. The van der Waals surface area contributed by atoms with Crippen LogP contribution in [-0.4, -0.2) is 13.1 Å². The highest BCUT2D eigenvalue weighted by molar-refractivity contribution is 5.77. The molecule has 3 aliphatic carbocycles. The Morgan fingerprint density at radius 1 is 1.26 bits per heavy atom. The molecule has 0 radical (unpaired) electrons. The van der Waals surface area contributed by atoms with Crippen LogP contribution < -0.4 is 0 Å². The van der Waals surface area contributed by atoms with Crippen molar-refractivity contribution in [3.05, 3.63) is 11.6 Å². The van der Waals surface area contributed by atoms with Gasteiger partial charge in [0.1, 0.15) is 0 Å². The number of hydrogen-bond acceptors (Lipinski definition) is 2.